The molecule has 0 bridgehead atoms. The zero-order valence-corrected chi connectivity index (χ0v) is 8.18. The molecular formula is C10H16F2N2. The van der Waals surface area contributed by atoms with Gasteiger partial charge in [-0.3, -0.25) is 4.90 Å². The third-order valence-electron chi connectivity index (χ3n) is 2.46. The van der Waals surface area contributed by atoms with Crippen LogP contribution in [0.2, 0.25) is 0 Å². The molecule has 14 heavy (non-hydrogen) atoms. The Hall–Kier alpha value is -0.660. The van der Waals surface area contributed by atoms with Crippen LogP contribution in [-0.2, 0) is 0 Å². The SMILES string of the molecule is C#CCN1CCC(NCC(F)F)CC1. The number of alkyl halides is 2. The van der Waals surface area contributed by atoms with E-state index in [4.69, 9.17) is 6.42 Å². The topological polar surface area (TPSA) is 15.3 Å². The molecular weight excluding hydrogens is 186 g/mol. The standard InChI is InChI=1S/C10H16F2N2/c1-2-5-14-6-3-9(4-7-14)13-8-10(11)12/h1,9-10,13H,3-8H2. The molecule has 4 heteroatoms. The summed E-state index contributed by atoms with van der Waals surface area (Å²) in [7, 11) is 0. The largest absolute Gasteiger partial charge is 0.309 e. The summed E-state index contributed by atoms with van der Waals surface area (Å²) in [6.07, 6.45) is 4.76. The van der Waals surface area contributed by atoms with Gasteiger partial charge in [-0.15, -0.1) is 6.42 Å². The lowest BCUT2D eigenvalue weighted by molar-refractivity contribution is 0.131. The van der Waals surface area contributed by atoms with Crippen LogP contribution in [0, 0.1) is 12.3 Å². The van der Waals surface area contributed by atoms with Gasteiger partial charge in [0.2, 0.25) is 0 Å². The highest BCUT2D eigenvalue weighted by molar-refractivity contribution is 4.90. The predicted octanol–water partition coefficient (Wildman–Crippen LogP) is 0.939. The normalized spacial score (nSPS) is 19.9. The molecule has 0 radical (unpaired) electrons. The summed E-state index contributed by atoms with van der Waals surface area (Å²) in [5.41, 5.74) is 0. The van der Waals surface area contributed by atoms with Crippen molar-refractivity contribution in [2.24, 2.45) is 0 Å². The van der Waals surface area contributed by atoms with Gasteiger partial charge in [-0.2, -0.15) is 0 Å². The van der Waals surface area contributed by atoms with Gasteiger partial charge in [0.15, 0.2) is 0 Å². The van der Waals surface area contributed by atoms with Crippen LogP contribution in [0.1, 0.15) is 12.8 Å². The smallest absolute Gasteiger partial charge is 0.250 e. The number of nitrogens with zero attached hydrogens (tertiary/aromatic N) is 1. The molecule has 1 heterocycles. The molecule has 1 fully saturated rings. The van der Waals surface area contributed by atoms with Crippen LogP contribution in [0.3, 0.4) is 0 Å². The Kier molecular flexibility index (Phi) is 4.85. The van der Waals surface area contributed by atoms with E-state index in [0.717, 1.165) is 25.9 Å². The molecule has 0 aromatic carbocycles. The maximum atomic E-state index is 11.9. The van der Waals surface area contributed by atoms with Crippen LogP contribution >= 0.6 is 0 Å². The van der Waals surface area contributed by atoms with E-state index in [-0.39, 0.29) is 12.6 Å². The molecule has 1 saturated heterocycles. The summed E-state index contributed by atoms with van der Waals surface area (Å²) in [6, 6.07) is 0.234. The second-order valence-electron chi connectivity index (χ2n) is 3.55. The van der Waals surface area contributed by atoms with Crippen molar-refractivity contribution in [2.45, 2.75) is 25.3 Å². The number of piperidine rings is 1. The molecule has 0 aromatic heterocycles. The highest BCUT2D eigenvalue weighted by atomic mass is 19.3. The van der Waals surface area contributed by atoms with Gasteiger partial charge in [0, 0.05) is 19.1 Å². The van der Waals surface area contributed by atoms with E-state index in [9.17, 15) is 8.78 Å². The summed E-state index contributed by atoms with van der Waals surface area (Å²) in [4.78, 5) is 2.17. The molecule has 0 spiro atoms. The molecule has 1 N–H and O–H groups in total. The van der Waals surface area contributed by atoms with Crippen molar-refractivity contribution in [3.63, 3.8) is 0 Å². The molecule has 0 aliphatic carbocycles. The molecule has 2 nitrogen and oxygen atoms in total. The fraction of sp³-hybridized carbons (Fsp3) is 0.800. The van der Waals surface area contributed by atoms with Crippen molar-refractivity contribution < 1.29 is 8.78 Å². The van der Waals surface area contributed by atoms with Gasteiger partial charge in [-0.25, -0.2) is 8.78 Å². The number of hydrogen-bond donors (Lipinski definition) is 1. The Balaban J connectivity index is 2.13. The molecule has 0 atom stereocenters. The summed E-state index contributed by atoms with van der Waals surface area (Å²) in [5, 5.41) is 2.86. The van der Waals surface area contributed by atoms with Gasteiger partial charge in [0.25, 0.3) is 6.43 Å². The lowest BCUT2D eigenvalue weighted by atomic mass is 10.1. The minimum absolute atomic E-state index is 0.195. The van der Waals surface area contributed by atoms with Crippen molar-refractivity contribution in [3.8, 4) is 12.3 Å². The minimum atomic E-state index is -2.25. The predicted molar refractivity (Wildman–Crippen MR) is 52.3 cm³/mol. The fourth-order valence-electron chi connectivity index (χ4n) is 1.68. The summed E-state index contributed by atoms with van der Waals surface area (Å²) >= 11 is 0. The van der Waals surface area contributed by atoms with Crippen LogP contribution < -0.4 is 5.32 Å². The molecule has 1 rings (SSSR count). The molecule has 1 aliphatic rings. The summed E-state index contributed by atoms with van der Waals surface area (Å²) < 4.78 is 23.8. The van der Waals surface area contributed by atoms with Gasteiger partial charge in [-0.1, -0.05) is 5.92 Å². The average Bonchev–Trinajstić information content (AvgIpc) is 2.17. The van der Waals surface area contributed by atoms with Gasteiger partial charge in [0.1, 0.15) is 0 Å². The fourth-order valence-corrected chi connectivity index (χ4v) is 1.68. The van der Waals surface area contributed by atoms with Crippen LogP contribution in [0.4, 0.5) is 8.78 Å². The summed E-state index contributed by atoms with van der Waals surface area (Å²) in [5.74, 6) is 2.59. The van der Waals surface area contributed by atoms with Crippen LogP contribution in [-0.4, -0.2) is 43.5 Å². The average molecular weight is 202 g/mol. The number of rotatable bonds is 4. The zero-order valence-electron chi connectivity index (χ0n) is 8.18. The Labute approximate surface area is 83.7 Å². The van der Waals surface area contributed by atoms with Crippen molar-refractivity contribution in [2.75, 3.05) is 26.2 Å². The van der Waals surface area contributed by atoms with Crippen LogP contribution in [0.25, 0.3) is 0 Å². The lowest BCUT2D eigenvalue weighted by Crippen LogP contribution is -2.43. The van der Waals surface area contributed by atoms with Gasteiger partial charge < -0.3 is 5.32 Å². The second-order valence-corrected chi connectivity index (χ2v) is 3.55. The number of nitrogens with one attached hydrogen (secondary N) is 1. The van der Waals surface area contributed by atoms with E-state index in [1.807, 2.05) is 0 Å². The monoisotopic (exact) mass is 202 g/mol. The first-order chi connectivity index (χ1) is 6.72. The quantitative estimate of drug-likeness (QED) is 0.682. The lowest BCUT2D eigenvalue weighted by Gasteiger charge is -2.31. The Morgan fingerprint density at radius 3 is 2.57 bits per heavy atom. The highest BCUT2D eigenvalue weighted by Gasteiger charge is 2.18. The van der Waals surface area contributed by atoms with Crippen LogP contribution in [0.5, 0.6) is 0 Å². The minimum Gasteiger partial charge on any atom is -0.309 e. The highest BCUT2D eigenvalue weighted by Crippen LogP contribution is 2.09. The first-order valence-corrected chi connectivity index (χ1v) is 4.89. The van der Waals surface area contributed by atoms with Gasteiger partial charge >= 0.3 is 0 Å². The third kappa shape index (κ3) is 4.03. The van der Waals surface area contributed by atoms with E-state index < -0.39 is 6.43 Å². The van der Waals surface area contributed by atoms with Crippen LogP contribution in [0.15, 0.2) is 0 Å². The van der Waals surface area contributed by atoms with E-state index >= 15 is 0 Å². The molecule has 80 valence electrons. The van der Waals surface area contributed by atoms with E-state index in [0.29, 0.717) is 6.54 Å². The van der Waals surface area contributed by atoms with E-state index in [1.54, 1.807) is 0 Å². The molecule has 0 amide bonds. The van der Waals surface area contributed by atoms with Crippen molar-refractivity contribution in [1.82, 2.24) is 10.2 Å². The first kappa shape index (κ1) is 11.4. The van der Waals surface area contributed by atoms with Crippen molar-refractivity contribution >= 4 is 0 Å². The van der Waals surface area contributed by atoms with Gasteiger partial charge in [-0.05, 0) is 12.8 Å². The number of hydrogen-bond acceptors (Lipinski definition) is 2. The Morgan fingerprint density at radius 1 is 1.43 bits per heavy atom. The molecule has 0 saturated carbocycles. The number of likely N-dealkylation sites (tertiary alicyclic amines) is 1. The third-order valence-corrected chi connectivity index (χ3v) is 2.46. The molecule has 1 aliphatic heterocycles. The maximum absolute atomic E-state index is 11.9. The van der Waals surface area contributed by atoms with Crippen molar-refractivity contribution in [3.05, 3.63) is 0 Å². The second kappa shape index (κ2) is 5.94. The van der Waals surface area contributed by atoms with E-state index in [2.05, 4.69) is 16.1 Å². The summed E-state index contributed by atoms with van der Waals surface area (Å²) in [6.45, 7) is 2.29. The number of halogens is 2. The zero-order chi connectivity index (χ0) is 10.4. The van der Waals surface area contributed by atoms with Gasteiger partial charge in [0.05, 0.1) is 13.1 Å². The first-order valence-electron chi connectivity index (χ1n) is 4.89. The van der Waals surface area contributed by atoms with E-state index in [1.165, 1.54) is 0 Å². The molecule has 0 aromatic rings. The Bertz CT molecular complexity index is 193. The molecule has 0 unspecified atom stereocenters. The Morgan fingerprint density at radius 2 is 2.07 bits per heavy atom. The number of terminal acetylenes is 1. The van der Waals surface area contributed by atoms with Crippen molar-refractivity contribution in [1.29, 1.82) is 0 Å². The maximum Gasteiger partial charge on any atom is 0.250 e.